The number of rotatable bonds is 2. The third-order valence-electron chi connectivity index (χ3n) is 3.58. The minimum atomic E-state index is 0.146. The van der Waals surface area contributed by atoms with Crippen molar-refractivity contribution in [3.63, 3.8) is 0 Å². The molecule has 1 saturated heterocycles. The SMILES string of the molecule is CC(=O)c1ccccc1N1CCN(C)C(C)C1. The maximum absolute atomic E-state index is 11.6. The van der Waals surface area contributed by atoms with Crippen molar-refractivity contribution in [1.82, 2.24) is 4.90 Å². The fraction of sp³-hybridized carbons (Fsp3) is 0.500. The molecule has 1 unspecified atom stereocenters. The molecule has 0 bridgehead atoms. The van der Waals surface area contributed by atoms with Crippen LogP contribution >= 0.6 is 0 Å². The standard InChI is InChI=1S/C14H20N2O/c1-11-10-16(9-8-15(11)3)14-7-5-4-6-13(14)12(2)17/h4-7,11H,8-10H2,1-3H3. The normalized spacial score (nSPS) is 21.6. The number of likely N-dealkylation sites (N-methyl/N-ethyl adjacent to an activating group) is 1. The van der Waals surface area contributed by atoms with Crippen LogP contribution in [-0.4, -0.2) is 43.4 Å². The van der Waals surface area contributed by atoms with Crippen LogP contribution in [-0.2, 0) is 0 Å². The molecule has 0 saturated carbocycles. The van der Waals surface area contributed by atoms with Gasteiger partial charge in [-0.15, -0.1) is 0 Å². The van der Waals surface area contributed by atoms with E-state index in [0.29, 0.717) is 6.04 Å². The Morgan fingerprint density at radius 2 is 2.00 bits per heavy atom. The quantitative estimate of drug-likeness (QED) is 0.729. The highest BCUT2D eigenvalue weighted by Crippen LogP contribution is 2.23. The number of hydrogen-bond donors (Lipinski definition) is 0. The molecule has 0 aliphatic carbocycles. The summed E-state index contributed by atoms with van der Waals surface area (Å²) >= 11 is 0. The Morgan fingerprint density at radius 3 is 2.65 bits per heavy atom. The van der Waals surface area contributed by atoms with Gasteiger partial charge in [0.05, 0.1) is 0 Å². The predicted molar refractivity (Wildman–Crippen MR) is 70.8 cm³/mol. The molecular formula is C14H20N2O. The van der Waals surface area contributed by atoms with Crippen LogP contribution in [0.25, 0.3) is 0 Å². The topological polar surface area (TPSA) is 23.6 Å². The van der Waals surface area contributed by atoms with E-state index < -0.39 is 0 Å². The van der Waals surface area contributed by atoms with Crippen molar-refractivity contribution in [2.45, 2.75) is 19.9 Å². The molecule has 0 spiro atoms. The zero-order valence-electron chi connectivity index (χ0n) is 10.8. The second-order valence-corrected chi connectivity index (χ2v) is 4.85. The minimum Gasteiger partial charge on any atom is -0.368 e. The Hall–Kier alpha value is -1.35. The Labute approximate surface area is 103 Å². The molecule has 92 valence electrons. The largest absolute Gasteiger partial charge is 0.368 e. The summed E-state index contributed by atoms with van der Waals surface area (Å²) in [6, 6.07) is 8.43. The molecule has 1 atom stereocenters. The molecule has 1 fully saturated rings. The van der Waals surface area contributed by atoms with Gasteiger partial charge >= 0.3 is 0 Å². The van der Waals surface area contributed by atoms with Gasteiger partial charge in [0.2, 0.25) is 0 Å². The molecule has 1 heterocycles. The van der Waals surface area contributed by atoms with Gasteiger partial charge in [0.25, 0.3) is 0 Å². The molecule has 0 radical (unpaired) electrons. The molecule has 0 amide bonds. The number of Topliss-reactive ketones (excluding diaryl/α,β-unsaturated/α-hetero) is 1. The monoisotopic (exact) mass is 232 g/mol. The maximum atomic E-state index is 11.6. The molecule has 1 aliphatic rings. The van der Waals surface area contributed by atoms with E-state index in [1.54, 1.807) is 6.92 Å². The van der Waals surface area contributed by atoms with Crippen LogP contribution in [0.5, 0.6) is 0 Å². The van der Waals surface area contributed by atoms with Crippen LogP contribution in [0, 0.1) is 0 Å². The number of para-hydroxylation sites is 1. The second kappa shape index (κ2) is 4.88. The van der Waals surface area contributed by atoms with Crippen molar-refractivity contribution < 1.29 is 4.79 Å². The van der Waals surface area contributed by atoms with E-state index in [2.05, 4.69) is 29.8 Å². The Bertz CT molecular complexity index is 416. The average Bonchev–Trinajstić information content (AvgIpc) is 2.32. The van der Waals surface area contributed by atoms with Crippen LogP contribution in [0.4, 0.5) is 5.69 Å². The average molecular weight is 232 g/mol. The van der Waals surface area contributed by atoms with Gasteiger partial charge in [-0.25, -0.2) is 0 Å². The summed E-state index contributed by atoms with van der Waals surface area (Å²) in [5.74, 6) is 0.146. The first kappa shape index (κ1) is 12.1. The van der Waals surface area contributed by atoms with E-state index in [0.717, 1.165) is 30.9 Å². The first-order valence-electron chi connectivity index (χ1n) is 6.14. The Balaban J connectivity index is 2.25. The molecule has 0 aromatic heterocycles. The summed E-state index contributed by atoms with van der Waals surface area (Å²) in [4.78, 5) is 16.3. The number of carbonyl (C=O) groups excluding carboxylic acids is 1. The fourth-order valence-electron chi connectivity index (χ4n) is 2.31. The lowest BCUT2D eigenvalue weighted by molar-refractivity contribution is 0.101. The van der Waals surface area contributed by atoms with Crippen molar-refractivity contribution in [1.29, 1.82) is 0 Å². The first-order chi connectivity index (χ1) is 8.09. The third kappa shape index (κ3) is 2.50. The number of nitrogens with zero attached hydrogens (tertiary/aromatic N) is 2. The van der Waals surface area contributed by atoms with Gasteiger partial charge in [0.1, 0.15) is 0 Å². The van der Waals surface area contributed by atoms with Crippen molar-refractivity contribution in [2.24, 2.45) is 0 Å². The molecule has 2 rings (SSSR count). The molecular weight excluding hydrogens is 212 g/mol. The predicted octanol–water partition coefficient (Wildman–Crippen LogP) is 2.03. The lowest BCUT2D eigenvalue weighted by atomic mass is 10.1. The summed E-state index contributed by atoms with van der Waals surface area (Å²) in [5.41, 5.74) is 1.92. The van der Waals surface area contributed by atoms with Gasteiger partial charge in [0, 0.05) is 36.9 Å². The number of carbonyl (C=O) groups is 1. The van der Waals surface area contributed by atoms with Crippen molar-refractivity contribution in [3.8, 4) is 0 Å². The Kier molecular flexibility index (Phi) is 3.48. The first-order valence-corrected chi connectivity index (χ1v) is 6.14. The molecule has 1 aliphatic heterocycles. The van der Waals surface area contributed by atoms with Crippen LogP contribution in [0.15, 0.2) is 24.3 Å². The second-order valence-electron chi connectivity index (χ2n) is 4.85. The summed E-state index contributed by atoms with van der Waals surface area (Å²) in [5, 5.41) is 0. The zero-order valence-corrected chi connectivity index (χ0v) is 10.8. The van der Waals surface area contributed by atoms with E-state index in [9.17, 15) is 4.79 Å². The highest BCUT2D eigenvalue weighted by atomic mass is 16.1. The van der Waals surface area contributed by atoms with Gasteiger partial charge in [-0.05, 0) is 33.0 Å². The van der Waals surface area contributed by atoms with E-state index in [4.69, 9.17) is 0 Å². The van der Waals surface area contributed by atoms with E-state index in [-0.39, 0.29) is 5.78 Å². The lowest BCUT2D eigenvalue weighted by Gasteiger charge is -2.39. The number of benzene rings is 1. The lowest BCUT2D eigenvalue weighted by Crippen LogP contribution is -2.50. The molecule has 0 N–H and O–H groups in total. The van der Waals surface area contributed by atoms with Crippen molar-refractivity contribution in [3.05, 3.63) is 29.8 Å². The van der Waals surface area contributed by atoms with Crippen LogP contribution in [0.1, 0.15) is 24.2 Å². The number of anilines is 1. The van der Waals surface area contributed by atoms with Gasteiger partial charge < -0.3 is 9.80 Å². The van der Waals surface area contributed by atoms with Crippen LogP contribution < -0.4 is 4.90 Å². The molecule has 3 heteroatoms. The highest BCUT2D eigenvalue weighted by Gasteiger charge is 2.22. The summed E-state index contributed by atoms with van der Waals surface area (Å²) in [6.45, 7) is 6.89. The molecule has 1 aromatic rings. The maximum Gasteiger partial charge on any atom is 0.161 e. The van der Waals surface area contributed by atoms with Gasteiger partial charge in [0.15, 0.2) is 5.78 Å². The number of ketones is 1. The minimum absolute atomic E-state index is 0.146. The Morgan fingerprint density at radius 1 is 1.29 bits per heavy atom. The highest BCUT2D eigenvalue weighted by molar-refractivity contribution is 5.99. The van der Waals surface area contributed by atoms with Gasteiger partial charge in [-0.2, -0.15) is 0 Å². The fourth-order valence-corrected chi connectivity index (χ4v) is 2.31. The van der Waals surface area contributed by atoms with Gasteiger partial charge in [-0.3, -0.25) is 4.79 Å². The zero-order chi connectivity index (χ0) is 12.4. The van der Waals surface area contributed by atoms with E-state index in [1.165, 1.54) is 0 Å². The van der Waals surface area contributed by atoms with Crippen molar-refractivity contribution in [2.75, 3.05) is 31.6 Å². The summed E-state index contributed by atoms with van der Waals surface area (Å²) in [7, 11) is 2.15. The van der Waals surface area contributed by atoms with E-state index in [1.807, 2.05) is 18.2 Å². The number of hydrogen-bond acceptors (Lipinski definition) is 3. The molecule has 1 aromatic carbocycles. The smallest absolute Gasteiger partial charge is 0.161 e. The van der Waals surface area contributed by atoms with Crippen LogP contribution in [0.3, 0.4) is 0 Å². The number of piperazine rings is 1. The summed E-state index contributed by atoms with van der Waals surface area (Å²) in [6.07, 6.45) is 0. The summed E-state index contributed by atoms with van der Waals surface area (Å²) < 4.78 is 0. The third-order valence-corrected chi connectivity index (χ3v) is 3.58. The van der Waals surface area contributed by atoms with Gasteiger partial charge in [-0.1, -0.05) is 12.1 Å². The van der Waals surface area contributed by atoms with Crippen molar-refractivity contribution >= 4 is 11.5 Å². The van der Waals surface area contributed by atoms with E-state index >= 15 is 0 Å². The molecule has 3 nitrogen and oxygen atoms in total. The van der Waals surface area contributed by atoms with Crippen LogP contribution in [0.2, 0.25) is 0 Å². The molecule has 17 heavy (non-hydrogen) atoms.